The van der Waals surface area contributed by atoms with Gasteiger partial charge in [-0.3, -0.25) is 9.69 Å². The number of unbranched alkanes of at least 4 members (excludes halogenated alkanes) is 1. The number of carbonyl (C=O) groups is 2. The van der Waals surface area contributed by atoms with Crippen molar-refractivity contribution in [3.05, 3.63) is 54.1 Å². The SMILES string of the molecule is CCCC[N+]1(C)C(=O)[C@H](C2CCCCC2)NC(=O)C12CCN(Cc1ccc(Oc3ccc(O)cc3)cc1)CC2. The van der Waals surface area contributed by atoms with E-state index in [2.05, 4.69) is 36.3 Å². The van der Waals surface area contributed by atoms with E-state index >= 15 is 0 Å². The zero-order valence-electron chi connectivity index (χ0n) is 23.5. The van der Waals surface area contributed by atoms with Gasteiger partial charge in [-0.05, 0) is 67.1 Å². The fourth-order valence-corrected chi connectivity index (χ4v) is 7.04. The summed E-state index contributed by atoms with van der Waals surface area (Å²) >= 11 is 0. The zero-order valence-corrected chi connectivity index (χ0v) is 23.5. The maximum atomic E-state index is 14.1. The summed E-state index contributed by atoms with van der Waals surface area (Å²) in [7, 11) is 2.06. The predicted octanol–water partition coefficient (Wildman–Crippen LogP) is 5.37. The lowest BCUT2D eigenvalue weighted by Gasteiger charge is -2.55. The summed E-state index contributed by atoms with van der Waals surface area (Å²) in [4.78, 5) is 30.4. The van der Waals surface area contributed by atoms with E-state index in [1.165, 1.54) is 12.0 Å². The minimum absolute atomic E-state index is 0.103. The number of likely N-dealkylation sites (tertiary alicyclic amines) is 1. The first kappa shape index (κ1) is 27.7. The molecule has 1 spiro atoms. The molecule has 1 aliphatic carbocycles. The van der Waals surface area contributed by atoms with Gasteiger partial charge in [-0.25, -0.2) is 9.28 Å². The number of piperazine rings is 1. The molecule has 7 heteroatoms. The van der Waals surface area contributed by atoms with Crippen molar-refractivity contribution in [3.8, 4) is 17.2 Å². The number of rotatable bonds is 8. The Morgan fingerprint density at radius 2 is 1.59 bits per heavy atom. The Bertz CT molecular complexity index is 1140. The second-order valence-electron chi connectivity index (χ2n) is 12.0. The lowest BCUT2D eigenvalue weighted by atomic mass is 9.75. The van der Waals surface area contributed by atoms with Crippen LogP contribution in [0.4, 0.5) is 0 Å². The van der Waals surface area contributed by atoms with Gasteiger partial charge < -0.3 is 15.2 Å². The standard InChI is InChI=1S/C32H43N3O4/c1-3-4-22-35(2)30(37)29(25-8-6-5-7-9-25)33-31(38)32(35)18-20-34(21-19-32)23-24-10-14-27(15-11-24)39-28-16-12-26(36)13-17-28/h10-17,25,29H,3-9,18-23H2,1-2H3,(H-,33,36,38)/p+1/t29-,35?/m0/s1. The fourth-order valence-electron chi connectivity index (χ4n) is 7.04. The van der Waals surface area contributed by atoms with E-state index < -0.39 is 5.54 Å². The van der Waals surface area contributed by atoms with E-state index in [4.69, 9.17) is 4.74 Å². The lowest BCUT2D eigenvalue weighted by molar-refractivity contribution is -0.883. The maximum Gasteiger partial charge on any atom is 0.337 e. The van der Waals surface area contributed by atoms with Gasteiger partial charge in [0.15, 0.2) is 5.54 Å². The number of carbonyl (C=O) groups excluding carboxylic acids is 2. The molecule has 2 atom stereocenters. The van der Waals surface area contributed by atoms with Gasteiger partial charge in [0, 0.05) is 32.5 Å². The molecule has 5 rings (SSSR count). The van der Waals surface area contributed by atoms with E-state index in [0.717, 1.165) is 70.5 Å². The zero-order chi connectivity index (χ0) is 27.5. The molecule has 2 saturated heterocycles. The van der Waals surface area contributed by atoms with E-state index in [-0.39, 0.29) is 34.0 Å². The van der Waals surface area contributed by atoms with Crippen LogP contribution in [0, 0.1) is 5.92 Å². The van der Waals surface area contributed by atoms with Crippen LogP contribution in [0.1, 0.15) is 70.3 Å². The quantitative estimate of drug-likeness (QED) is 0.445. The van der Waals surface area contributed by atoms with Gasteiger partial charge in [0.2, 0.25) is 0 Å². The molecule has 3 fully saturated rings. The number of aromatic hydroxyl groups is 1. The number of phenolic OH excluding ortho intramolecular Hbond substituents is 1. The summed E-state index contributed by atoms with van der Waals surface area (Å²) < 4.78 is 6.15. The molecule has 39 heavy (non-hydrogen) atoms. The van der Waals surface area contributed by atoms with Crippen LogP contribution in [-0.2, 0) is 16.1 Å². The van der Waals surface area contributed by atoms with Gasteiger partial charge in [0.05, 0.1) is 13.6 Å². The number of quaternary nitrogens is 1. The number of nitrogens with one attached hydrogen (secondary N) is 1. The van der Waals surface area contributed by atoms with E-state index in [1.807, 2.05) is 12.1 Å². The van der Waals surface area contributed by atoms with Gasteiger partial charge in [-0.2, -0.15) is 0 Å². The highest BCUT2D eigenvalue weighted by molar-refractivity contribution is 5.95. The lowest BCUT2D eigenvalue weighted by Crippen LogP contribution is -2.81. The largest absolute Gasteiger partial charge is 0.508 e. The van der Waals surface area contributed by atoms with Crippen molar-refractivity contribution in [1.82, 2.24) is 10.2 Å². The maximum absolute atomic E-state index is 14.1. The Morgan fingerprint density at radius 3 is 2.21 bits per heavy atom. The second kappa shape index (κ2) is 11.7. The van der Waals surface area contributed by atoms with Crippen LogP contribution in [0.5, 0.6) is 17.2 Å². The molecule has 2 aromatic rings. The van der Waals surface area contributed by atoms with Crippen LogP contribution in [-0.4, -0.2) is 64.6 Å². The molecule has 0 radical (unpaired) electrons. The van der Waals surface area contributed by atoms with E-state index in [1.54, 1.807) is 24.3 Å². The van der Waals surface area contributed by atoms with Gasteiger partial charge in [0.1, 0.15) is 23.3 Å². The molecular weight excluding hydrogens is 490 g/mol. The Kier molecular flexibility index (Phi) is 8.29. The number of nitrogens with zero attached hydrogens (tertiary/aromatic N) is 2. The molecule has 2 aromatic carbocycles. The van der Waals surface area contributed by atoms with Crippen molar-refractivity contribution in [2.75, 3.05) is 26.7 Å². The first-order valence-electron chi connectivity index (χ1n) is 14.8. The number of piperidine rings is 1. The van der Waals surface area contributed by atoms with Gasteiger partial charge in [0.25, 0.3) is 5.91 Å². The first-order valence-corrected chi connectivity index (χ1v) is 14.8. The first-order chi connectivity index (χ1) is 18.8. The average Bonchev–Trinajstić information content (AvgIpc) is 2.96. The number of ether oxygens (including phenoxy) is 1. The molecule has 0 bridgehead atoms. The second-order valence-corrected chi connectivity index (χ2v) is 12.0. The topological polar surface area (TPSA) is 78.9 Å². The summed E-state index contributed by atoms with van der Waals surface area (Å²) in [6.07, 6.45) is 9.02. The number of hydrogen-bond acceptors (Lipinski definition) is 5. The Morgan fingerprint density at radius 1 is 0.974 bits per heavy atom. The van der Waals surface area contributed by atoms with Crippen molar-refractivity contribution in [3.63, 3.8) is 0 Å². The Balaban J connectivity index is 1.25. The smallest absolute Gasteiger partial charge is 0.337 e. The van der Waals surface area contributed by atoms with E-state index in [0.29, 0.717) is 18.6 Å². The number of phenols is 1. The summed E-state index contributed by atoms with van der Waals surface area (Å²) in [6.45, 7) is 5.29. The normalized spacial score (nSPS) is 25.9. The molecule has 1 saturated carbocycles. The minimum atomic E-state index is -0.671. The molecule has 7 nitrogen and oxygen atoms in total. The Hall–Kier alpha value is -2.90. The van der Waals surface area contributed by atoms with Crippen LogP contribution in [0.3, 0.4) is 0 Å². The van der Waals surface area contributed by atoms with Gasteiger partial charge >= 0.3 is 5.91 Å². The molecule has 210 valence electrons. The fraction of sp³-hybridized carbons (Fsp3) is 0.562. The number of benzene rings is 2. The monoisotopic (exact) mass is 534 g/mol. The van der Waals surface area contributed by atoms with Crippen molar-refractivity contribution >= 4 is 11.8 Å². The average molecular weight is 535 g/mol. The molecule has 2 aliphatic heterocycles. The minimum Gasteiger partial charge on any atom is -0.508 e. The van der Waals surface area contributed by atoms with Crippen molar-refractivity contribution in [2.45, 2.75) is 82.8 Å². The predicted molar refractivity (Wildman–Crippen MR) is 151 cm³/mol. The third-order valence-electron chi connectivity index (χ3n) is 9.57. The number of amides is 2. The number of likely N-dealkylation sites (N-methyl/N-ethyl adjacent to an activating group) is 1. The number of hydrogen-bond donors (Lipinski definition) is 2. The summed E-state index contributed by atoms with van der Waals surface area (Å²) in [5.41, 5.74) is 0.518. The van der Waals surface area contributed by atoms with Crippen LogP contribution in [0.25, 0.3) is 0 Å². The Labute approximate surface area is 232 Å². The molecule has 1 unspecified atom stereocenters. The molecule has 0 aromatic heterocycles. The van der Waals surface area contributed by atoms with Crippen LogP contribution < -0.4 is 10.1 Å². The third kappa shape index (κ3) is 5.57. The van der Waals surface area contributed by atoms with Crippen molar-refractivity contribution < 1.29 is 23.9 Å². The van der Waals surface area contributed by atoms with Crippen LogP contribution in [0.2, 0.25) is 0 Å². The van der Waals surface area contributed by atoms with Crippen molar-refractivity contribution in [2.24, 2.45) is 5.92 Å². The molecule has 3 aliphatic rings. The molecule has 2 N–H and O–H groups in total. The van der Waals surface area contributed by atoms with Crippen LogP contribution >= 0.6 is 0 Å². The highest BCUT2D eigenvalue weighted by Crippen LogP contribution is 2.41. The highest BCUT2D eigenvalue weighted by Gasteiger charge is 2.64. The summed E-state index contributed by atoms with van der Waals surface area (Å²) in [5.74, 6) is 2.27. The summed E-state index contributed by atoms with van der Waals surface area (Å²) in [5, 5.41) is 12.7. The van der Waals surface area contributed by atoms with Gasteiger partial charge in [-0.1, -0.05) is 44.7 Å². The highest BCUT2D eigenvalue weighted by atomic mass is 16.5. The molecule has 2 amide bonds. The van der Waals surface area contributed by atoms with Crippen molar-refractivity contribution in [1.29, 1.82) is 0 Å². The molecular formula is C32H44N3O4+. The molecule has 2 heterocycles. The van der Waals surface area contributed by atoms with E-state index in [9.17, 15) is 14.7 Å². The summed E-state index contributed by atoms with van der Waals surface area (Å²) in [6, 6.07) is 14.4. The van der Waals surface area contributed by atoms with Gasteiger partial charge in [-0.15, -0.1) is 0 Å². The third-order valence-corrected chi connectivity index (χ3v) is 9.57. The van der Waals surface area contributed by atoms with Crippen LogP contribution in [0.15, 0.2) is 48.5 Å².